The van der Waals surface area contributed by atoms with Crippen molar-refractivity contribution in [2.24, 2.45) is 5.92 Å². The average molecular weight is 406 g/mol. The molecule has 3 heterocycles. The number of allylic oxidation sites excluding steroid dienone is 1. The number of ether oxygens (including phenoxy) is 2. The summed E-state index contributed by atoms with van der Waals surface area (Å²) >= 11 is 0. The first-order valence-corrected chi connectivity index (χ1v) is 10.1. The Morgan fingerprint density at radius 1 is 1.10 bits per heavy atom. The van der Waals surface area contributed by atoms with Crippen molar-refractivity contribution in [3.8, 4) is 0 Å². The summed E-state index contributed by atoms with van der Waals surface area (Å²) < 4.78 is 11.6. The molecule has 1 aliphatic carbocycles. The zero-order valence-corrected chi connectivity index (χ0v) is 16.9. The minimum Gasteiger partial charge on any atom is -0.465 e. The van der Waals surface area contributed by atoms with Gasteiger partial charge >= 0.3 is 12.1 Å². The third-order valence-corrected chi connectivity index (χ3v) is 6.40. The highest BCUT2D eigenvalue weighted by Gasteiger charge is 2.39. The molecule has 1 aromatic heterocycles. The van der Waals surface area contributed by atoms with Gasteiger partial charge in [0.1, 0.15) is 5.57 Å². The predicted molar refractivity (Wildman–Crippen MR) is 110 cm³/mol. The molecular weight excluding hydrogens is 384 g/mol. The summed E-state index contributed by atoms with van der Waals surface area (Å²) in [6.45, 7) is 1.52. The van der Waals surface area contributed by atoms with Gasteiger partial charge in [-0.3, -0.25) is 4.79 Å². The molecule has 1 aromatic carbocycles. The van der Waals surface area contributed by atoms with Gasteiger partial charge in [0.25, 0.3) is 0 Å². The summed E-state index contributed by atoms with van der Waals surface area (Å²) in [6.07, 6.45) is 3.32. The number of aromatic nitrogens is 1. The van der Waals surface area contributed by atoms with E-state index >= 15 is 0 Å². The van der Waals surface area contributed by atoms with Crippen LogP contribution in [0.5, 0.6) is 0 Å². The second-order valence-electron chi connectivity index (χ2n) is 7.86. The molecule has 0 saturated carbocycles. The summed E-state index contributed by atoms with van der Waals surface area (Å²) in [6, 6.07) is 7.77. The van der Waals surface area contributed by atoms with Crippen LogP contribution < -0.4 is 0 Å². The van der Waals surface area contributed by atoms with Gasteiger partial charge in [0.15, 0.2) is 5.78 Å². The monoisotopic (exact) mass is 406 g/mol. The van der Waals surface area contributed by atoms with Crippen LogP contribution in [-0.2, 0) is 25.5 Å². The third kappa shape index (κ3) is 2.54. The number of fused-ring (bicyclic) bond motifs is 6. The minimum atomic E-state index is -0.588. The summed E-state index contributed by atoms with van der Waals surface area (Å²) in [5.74, 6) is -0.671. The molecule has 3 aliphatic rings. The Hall–Kier alpha value is -3.35. The summed E-state index contributed by atoms with van der Waals surface area (Å²) in [7, 11) is 2.66. The third-order valence-electron chi connectivity index (χ3n) is 6.40. The van der Waals surface area contributed by atoms with Crippen LogP contribution in [0.2, 0.25) is 0 Å². The molecule has 0 amide bonds. The Kier molecular flexibility index (Phi) is 4.27. The average Bonchev–Trinajstić information content (AvgIpc) is 3.11. The number of hydrogen-bond donors (Lipinski definition) is 0. The predicted octanol–water partition coefficient (Wildman–Crippen LogP) is 2.92. The number of Topliss-reactive ketones (excluding diaryl/α,β-unsaturated/α-hetero) is 1. The van der Waals surface area contributed by atoms with Gasteiger partial charge in [-0.25, -0.2) is 14.2 Å². The standard InChI is InChI=1S/C23H22N2O5/c1-29-22(27)20-16-11-18-21-15(9-10-24(18)12-13(16)7-8-19(20)26)14-5-3-4-6-17(14)25(21)23(28)30-2/h3-6,11,13H,7-10,12H2,1-2H3/t13-/m0/s1. The number of ketones is 1. The van der Waals surface area contributed by atoms with Crippen molar-refractivity contribution in [3.63, 3.8) is 0 Å². The zero-order chi connectivity index (χ0) is 21.0. The zero-order valence-electron chi connectivity index (χ0n) is 16.9. The quantitative estimate of drug-likeness (QED) is 0.535. The van der Waals surface area contributed by atoms with Gasteiger partial charge in [-0.1, -0.05) is 18.2 Å². The molecule has 0 unspecified atom stereocenters. The van der Waals surface area contributed by atoms with Gasteiger partial charge < -0.3 is 14.4 Å². The summed E-state index contributed by atoms with van der Waals surface area (Å²) in [5.41, 5.74) is 4.37. The maximum atomic E-state index is 12.7. The van der Waals surface area contributed by atoms with Gasteiger partial charge in [0, 0.05) is 30.8 Å². The van der Waals surface area contributed by atoms with Crippen LogP contribution in [0.4, 0.5) is 4.79 Å². The first-order chi connectivity index (χ1) is 14.5. The largest absolute Gasteiger partial charge is 0.465 e. The fourth-order valence-electron chi connectivity index (χ4n) is 5.05. The van der Waals surface area contributed by atoms with E-state index in [0.29, 0.717) is 19.4 Å². The van der Waals surface area contributed by atoms with Gasteiger partial charge in [-0.15, -0.1) is 0 Å². The SMILES string of the molecule is COC(=O)C1=C2C=C3c4c(c5ccccc5n4C(=O)OC)CCN3C[C@@H]2CCC1=O. The van der Waals surface area contributed by atoms with Crippen LogP contribution in [0.25, 0.3) is 16.6 Å². The number of para-hydroxylation sites is 1. The number of benzene rings is 1. The Morgan fingerprint density at radius 3 is 2.67 bits per heavy atom. The molecule has 2 aliphatic heterocycles. The molecule has 0 fully saturated rings. The lowest BCUT2D eigenvalue weighted by Crippen LogP contribution is -2.40. The minimum absolute atomic E-state index is 0.0954. The highest BCUT2D eigenvalue weighted by Crippen LogP contribution is 2.43. The Bertz CT molecular complexity index is 1170. The van der Waals surface area contributed by atoms with E-state index in [1.165, 1.54) is 14.2 Å². The molecule has 0 N–H and O–H groups in total. The van der Waals surface area contributed by atoms with E-state index in [4.69, 9.17) is 9.47 Å². The van der Waals surface area contributed by atoms with E-state index in [9.17, 15) is 14.4 Å². The first kappa shape index (κ1) is 18.7. The second kappa shape index (κ2) is 6.86. The van der Waals surface area contributed by atoms with Crippen molar-refractivity contribution in [1.82, 2.24) is 9.47 Å². The number of carbonyl (C=O) groups is 3. The molecule has 0 bridgehead atoms. The van der Waals surface area contributed by atoms with E-state index in [2.05, 4.69) is 4.90 Å². The molecular formula is C23H22N2O5. The molecule has 2 aromatic rings. The highest BCUT2D eigenvalue weighted by atomic mass is 16.5. The van der Waals surface area contributed by atoms with E-state index in [1.54, 1.807) is 4.57 Å². The van der Waals surface area contributed by atoms with Crippen molar-refractivity contribution in [2.45, 2.75) is 19.3 Å². The smallest absolute Gasteiger partial charge is 0.418 e. The Balaban J connectivity index is 1.80. The van der Waals surface area contributed by atoms with Crippen molar-refractivity contribution < 1.29 is 23.9 Å². The fourth-order valence-corrected chi connectivity index (χ4v) is 5.05. The van der Waals surface area contributed by atoms with Crippen molar-refractivity contribution in [2.75, 3.05) is 27.3 Å². The van der Waals surface area contributed by atoms with Crippen LogP contribution in [0.3, 0.4) is 0 Å². The van der Waals surface area contributed by atoms with E-state index in [0.717, 1.165) is 46.4 Å². The number of hydrogen-bond acceptors (Lipinski definition) is 6. The molecule has 5 rings (SSSR count). The van der Waals surface area contributed by atoms with Crippen LogP contribution in [0.1, 0.15) is 24.1 Å². The maximum absolute atomic E-state index is 12.7. The summed E-state index contributed by atoms with van der Waals surface area (Å²) in [5, 5.41) is 1.02. The van der Waals surface area contributed by atoms with Gasteiger partial charge in [0.2, 0.25) is 0 Å². The Morgan fingerprint density at radius 2 is 1.90 bits per heavy atom. The lowest BCUT2D eigenvalue weighted by molar-refractivity contribution is -0.138. The maximum Gasteiger partial charge on any atom is 0.418 e. The van der Waals surface area contributed by atoms with Gasteiger partial charge in [-0.2, -0.15) is 0 Å². The van der Waals surface area contributed by atoms with Crippen molar-refractivity contribution in [3.05, 3.63) is 52.7 Å². The second-order valence-corrected chi connectivity index (χ2v) is 7.86. The number of esters is 1. The molecule has 30 heavy (non-hydrogen) atoms. The van der Waals surface area contributed by atoms with E-state index in [1.807, 2.05) is 30.3 Å². The normalized spacial score (nSPS) is 20.3. The van der Waals surface area contributed by atoms with E-state index in [-0.39, 0.29) is 17.3 Å². The van der Waals surface area contributed by atoms with Crippen molar-refractivity contribution >= 4 is 34.4 Å². The van der Waals surface area contributed by atoms with E-state index < -0.39 is 12.1 Å². The first-order valence-electron chi connectivity index (χ1n) is 10.1. The lowest BCUT2D eigenvalue weighted by Gasteiger charge is -2.41. The number of rotatable bonds is 1. The number of carbonyl (C=O) groups excluding carboxylic acids is 3. The highest BCUT2D eigenvalue weighted by molar-refractivity contribution is 6.19. The Labute approximate surface area is 173 Å². The molecule has 1 atom stereocenters. The van der Waals surface area contributed by atoms with Crippen LogP contribution in [-0.4, -0.2) is 54.6 Å². The number of nitrogens with zero attached hydrogens (tertiary/aromatic N) is 2. The molecule has 7 heteroatoms. The molecule has 154 valence electrons. The molecule has 7 nitrogen and oxygen atoms in total. The molecule has 0 spiro atoms. The summed E-state index contributed by atoms with van der Waals surface area (Å²) in [4.78, 5) is 39.9. The van der Waals surface area contributed by atoms with Gasteiger partial charge in [-0.05, 0) is 36.1 Å². The van der Waals surface area contributed by atoms with Gasteiger partial charge in [0.05, 0.1) is 31.1 Å². The lowest BCUT2D eigenvalue weighted by atomic mass is 9.78. The van der Waals surface area contributed by atoms with Crippen LogP contribution >= 0.6 is 0 Å². The van der Waals surface area contributed by atoms with Crippen LogP contribution in [0, 0.1) is 5.92 Å². The topological polar surface area (TPSA) is 77.8 Å². The van der Waals surface area contributed by atoms with Crippen molar-refractivity contribution in [1.29, 1.82) is 0 Å². The fraction of sp³-hybridized carbons (Fsp3) is 0.348. The van der Waals surface area contributed by atoms with Crippen LogP contribution in [0.15, 0.2) is 41.5 Å². The number of methoxy groups -OCH3 is 2. The molecule has 0 radical (unpaired) electrons. The molecule has 0 saturated heterocycles.